The molecule has 1 aromatic heterocycles. The Morgan fingerprint density at radius 1 is 1.17 bits per heavy atom. The van der Waals surface area contributed by atoms with Crippen LogP contribution < -0.4 is 11.1 Å². The molecule has 1 saturated carbocycles. The molecular formula is C18H16N2O3. The van der Waals surface area contributed by atoms with Crippen LogP contribution in [-0.2, 0) is 4.79 Å². The summed E-state index contributed by atoms with van der Waals surface area (Å²) in [5.74, 6) is -0.240. The summed E-state index contributed by atoms with van der Waals surface area (Å²) in [5, 5.41) is 2.95. The van der Waals surface area contributed by atoms with Crippen LogP contribution in [0.1, 0.15) is 24.3 Å². The SMILES string of the molecule is O=C(Nc1ccc2[nH]c(=O)oc2c1)C(c1ccccc1)C1CC1. The molecule has 0 radical (unpaired) electrons. The highest BCUT2D eigenvalue weighted by Crippen LogP contribution is 2.43. The molecule has 0 spiro atoms. The number of amides is 1. The van der Waals surface area contributed by atoms with E-state index in [1.807, 2.05) is 30.3 Å². The number of fused-ring (bicyclic) bond motifs is 1. The Morgan fingerprint density at radius 2 is 1.96 bits per heavy atom. The van der Waals surface area contributed by atoms with Gasteiger partial charge in [-0.1, -0.05) is 30.3 Å². The highest BCUT2D eigenvalue weighted by Gasteiger charge is 2.37. The average molecular weight is 308 g/mol. The van der Waals surface area contributed by atoms with E-state index >= 15 is 0 Å². The van der Waals surface area contributed by atoms with Crippen LogP contribution >= 0.6 is 0 Å². The van der Waals surface area contributed by atoms with Gasteiger partial charge in [-0.25, -0.2) is 4.79 Å². The molecule has 0 bridgehead atoms. The van der Waals surface area contributed by atoms with Gasteiger partial charge in [-0.05, 0) is 36.5 Å². The first kappa shape index (κ1) is 13.8. The van der Waals surface area contributed by atoms with Crippen molar-refractivity contribution in [1.82, 2.24) is 4.98 Å². The van der Waals surface area contributed by atoms with E-state index in [2.05, 4.69) is 10.3 Å². The summed E-state index contributed by atoms with van der Waals surface area (Å²) >= 11 is 0. The number of carbonyl (C=O) groups excluding carboxylic acids is 1. The van der Waals surface area contributed by atoms with Gasteiger partial charge in [0.1, 0.15) is 0 Å². The molecule has 0 saturated heterocycles. The fraction of sp³-hybridized carbons (Fsp3) is 0.222. The maximum atomic E-state index is 12.7. The zero-order valence-corrected chi connectivity index (χ0v) is 12.4. The number of oxazole rings is 1. The van der Waals surface area contributed by atoms with E-state index in [0.29, 0.717) is 22.7 Å². The van der Waals surface area contributed by atoms with Gasteiger partial charge in [0, 0.05) is 11.8 Å². The summed E-state index contributed by atoms with van der Waals surface area (Å²) in [5.41, 5.74) is 2.74. The lowest BCUT2D eigenvalue weighted by molar-refractivity contribution is -0.118. The Balaban J connectivity index is 1.60. The van der Waals surface area contributed by atoms with Crippen molar-refractivity contribution in [3.63, 3.8) is 0 Å². The van der Waals surface area contributed by atoms with Gasteiger partial charge in [0.15, 0.2) is 5.58 Å². The molecule has 0 aliphatic heterocycles. The molecule has 23 heavy (non-hydrogen) atoms. The fourth-order valence-electron chi connectivity index (χ4n) is 2.97. The fourth-order valence-corrected chi connectivity index (χ4v) is 2.97. The van der Waals surface area contributed by atoms with Crippen LogP contribution in [-0.4, -0.2) is 10.9 Å². The van der Waals surface area contributed by atoms with Crippen LogP contribution in [0.15, 0.2) is 57.7 Å². The number of hydrogen-bond donors (Lipinski definition) is 2. The zero-order valence-electron chi connectivity index (χ0n) is 12.4. The second kappa shape index (κ2) is 5.43. The van der Waals surface area contributed by atoms with Crippen molar-refractivity contribution < 1.29 is 9.21 Å². The number of nitrogens with one attached hydrogen (secondary N) is 2. The predicted octanol–water partition coefficient (Wildman–Crippen LogP) is 3.25. The standard InChI is InChI=1S/C18H16N2O3/c21-17(16(12-6-7-12)11-4-2-1-3-5-11)19-13-8-9-14-15(10-13)23-18(22)20-14/h1-5,8-10,12,16H,6-7H2,(H,19,21)(H,20,22). The molecule has 1 heterocycles. The van der Waals surface area contributed by atoms with Crippen LogP contribution in [0.2, 0.25) is 0 Å². The van der Waals surface area contributed by atoms with Crippen LogP contribution in [0.4, 0.5) is 5.69 Å². The van der Waals surface area contributed by atoms with Gasteiger partial charge in [0.2, 0.25) is 5.91 Å². The Bertz CT molecular complexity index is 907. The first-order valence-corrected chi connectivity index (χ1v) is 7.69. The highest BCUT2D eigenvalue weighted by molar-refractivity contribution is 5.97. The number of aromatic amines is 1. The van der Waals surface area contributed by atoms with Gasteiger partial charge in [0.25, 0.3) is 0 Å². The van der Waals surface area contributed by atoms with Crippen molar-refractivity contribution >= 4 is 22.7 Å². The van der Waals surface area contributed by atoms with Crippen molar-refractivity contribution in [1.29, 1.82) is 0 Å². The number of anilines is 1. The molecule has 1 aliphatic carbocycles. The van der Waals surface area contributed by atoms with Gasteiger partial charge in [-0.3, -0.25) is 9.78 Å². The maximum Gasteiger partial charge on any atom is 0.417 e. The predicted molar refractivity (Wildman–Crippen MR) is 87.4 cm³/mol. The minimum atomic E-state index is -0.497. The maximum absolute atomic E-state index is 12.7. The zero-order chi connectivity index (χ0) is 15.8. The van der Waals surface area contributed by atoms with Crippen molar-refractivity contribution in [2.45, 2.75) is 18.8 Å². The van der Waals surface area contributed by atoms with E-state index < -0.39 is 5.76 Å². The number of H-pyrrole nitrogens is 1. The average Bonchev–Trinajstić information content (AvgIpc) is 3.29. The molecule has 4 rings (SSSR count). The molecule has 5 heteroatoms. The molecule has 5 nitrogen and oxygen atoms in total. The highest BCUT2D eigenvalue weighted by atomic mass is 16.4. The summed E-state index contributed by atoms with van der Waals surface area (Å²) in [4.78, 5) is 26.5. The lowest BCUT2D eigenvalue weighted by Gasteiger charge is -2.16. The quantitative estimate of drug-likeness (QED) is 0.777. The number of carbonyl (C=O) groups is 1. The van der Waals surface area contributed by atoms with E-state index in [1.165, 1.54) is 0 Å². The number of hydrogen-bond acceptors (Lipinski definition) is 3. The summed E-state index contributed by atoms with van der Waals surface area (Å²) in [6.45, 7) is 0. The van der Waals surface area contributed by atoms with E-state index in [1.54, 1.807) is 18.2 Å². The molecule has 1 atom stereocenters. The van der Waals surface area contributed by atoms with Gasteiger partial charge < -0.3 is 9.73 Å². The minimum absolute atomic E-state index is 0.0177. The van der Waals surface area contributed by atoms with E-state index in [-0.39, 0.29) is 11.8 Å². The normalized spacial score (nSPS) is 15.5. The molecule has 2 N–H and O–H groups in total. The second-order valence-electron chi connectivity index (χ2n) is 5.94. The van der Waals surface area contributed by atoms with Crippen LogP contribution in [0.25, 0.3) is 11.1 Å². The molecule has 116 valence electrons. The van der Waals surface area contributed by atoms with Crippen LogP contribution in [0.3, 0.4) is 0 Å². The topological polar surface area (TPSA) is 75.1 Å². The summed E-state index contributed by atoms with van der Waals surface area (Å²) < 4.78 is 5.03. The van der Waals surface area contributed by atoms with Gasteiger partial charge in [-0.2, -0.15) is 0 Å². The Hall–Kier alpha value is -2.82. The van der Waals surface area contributed by atoms with Crippen molar-refractivity contribution in [3.8, 4) is 0 Å². The van der Waals surface area contributed by atoms with Crippen LogP contribution in [0.5, 0.6) is 0 Å². The number of aromatic nitrogens is 1. The Morgan fingerprint density at radius 3 is 2.70 bits per heavy atom. The first-order valence-electron chi connectivity index (χ1n) is 7.69. The van der Waals surface area contributed by atoms with Crippen LogP contribution in [0, 0.1) is 5.92 Å². The molecule has 1 aliphatic rings. The monoisotopic (exact) mass is 308 g/mol. The molecule has 3 aromatic rings. The van der Waals surface area contributed by atoms with Gasteiger partial charge >= 0.3 is 5.76 Å². The summed E-state index contributed by atoms with van der Waals surface area (Å²) in [7, 11) is 0. The minimum Gasteiger partial charge on any atom is -0.408 e. The Labute approximate surface area is 132 Å². The second-order valence-corrected chi connectivity index (χ2v) is 5.94. The molecular weight excluding hydrogens is 292 g/mol. The van der Waals surface area contributed by atoms with E-state index in [9.17, 15) is 9.59 Å². The van der Waals surface area contributed by atoms with E-state index in [0.717, 1.165) is 18.4 Å². The third-order valence-corrected chi connectivity index (χ3v) is 4.22. The third-order valence-electron chi connectivity index (χ3n) is 4.22. The molecule has 2 aromatic carbocycles. The van der Waals surface area contributed by atoms with Crippen molar-refractivity contribution in [2.75, 3.05) is 5.32 Å². The molecule has 1 unspecified atom stereocenters. The first-order chi connectivity index (χ1) is 11.2. The third kappa shape index (κ3) is 2.77. The lowest BCUT2D eigenvalue weighted by atomic mass is 9.93. The lowest BCUT2D eigenvalue weighted by Crippen LogP contribution is -2.22. The number of rotatable bonds is 4. The summed E-state index contributed by atoms with van der Waals surface area (Å²) in [6.07, 6.45) is 2.16. The van der Waals surface area contributed by atoms with Gasteiger partial charge in [-0.15, -0.1) is 0 Å². The van der Waals surface area contributed by atoms with Crippen molar-refractivity contribution in [2.24, 2.45) is 5.92 Å². The summed E-state index contributed by atoms with van der Waals surface area (Å²) in [6, 6.07) is 15.0. The smallest absolute Gasteiger partial charge is 0.408 e. The number of benzene rings is 2. The molecule has 1 fully saturated rings. The molecule has 1 amide bonds. The Kier molecular flexibility index (Phi) is 3.26. The van der Waals surface area contributed by atoms with Gasteiger partial charge in [0.05, 0.1) is 11.4 Å². The van der Waals surface area contributed by atoms with Crippen molar-refractivity contribution in [3.05, 3.63) is 64.6 Å². The van der Waals surface area contributed by atoms with E-state index in [4.69, 9.17) is 4.42 Å². The largest absolute Gasteiger partial charge is 0.417 e.